The lowest BCUT2D eigenvalue weighted by atomic mass is 10.1. The minimum atomic E-state index is -0.653. The van der Waals surface area contributed by atoms with Crippen molar-refractivity contribution in [3.05, 3.63) is 112 Å². The zero-order chi connectivity index (χ0) is 26.1. The van der Waals surface area contributed by atoms with Gasteiger partial charge in [0.25, 0.3) is 5.56 Å². The number of aryl methyl sites for hydroxylation is 1. The molecule has 7 nitrogen and oxygen atoms in total. The number of aromatic nitrogens is 3. The quantitative estimate of drug-likeness (QED) is 0.318. The number of hydrogen-bond donors (Lipinski definition) is 1. The van der Waals surface area contributed by atoms with Gasteiger partial charge >= 0.3 is 0 Å². The topological polar surface area (TPSA) is 92.8 Å². The minimum absolute atomic E-state index is 0.0380. The first-order chi connectivity index (χ1) is 17.9. The number of hydrogen-bond acceptors (Lipinski definition) is 6. The van der Waals surface area contributed by atoms with Gasteiger partial charge in [-0.3, -0.25) is 9.36 Å². The second kappa shape index (κ2) is 9.51. The Balaban J connectivity index is 1.51. The highest BCUT2D eigenvalue weighted by Crippen LogP contribution is 2.31. The van der Waals surface area contributed by atoms with Crippen molar-refractivity contribution >= 4 is 22.3 Å². The number of benzene rings is 2. The summed E-state index contributed by atoms with van der Waals surface area (Å²) in [6.45, 7) is 3.46. The van der Waals surface area contributed by atoms with Gasteiger partial charge in [-0.05, 0) is 73.8 Å². The molecule has 0 aliphatic rings. The molecule has 37 heavy (non-hydrogen) atoms. The number of rotatable bonds is 5. The summed E-state index contributed by atoms with van der Waals surface area (Å²) in [5.74, 6) is -0.532. The summed E-state index contributed by atoms with van der Waals surface area (Å²) in [5, 5.41) is 13.1. The Hall–Kier alpha value is -5.10. The Kier molecular flexibility index (Phi) is 6.07. The SMILES string of the molecule is Cc1c(Oc2ccc(Nc3nccc4cc(C)n(-c5ccc(F)cc5)c(=O)c34)cc2F)ccnc1C#N. The molecule has 0 aliphatic heterocycles. The number of fused-ring (bicyclic) bond motifs is 1. The van der Waals surface area contributed by atoms with E-state index in [2.05, 4.69) is 15.3 Å². The molecule has 3 heterocycles. The van der Waals surface area contributed by atoms with Crippen molar-refractivity contribution in [2.45, 2.75) is 13.8 Å². The van der Waals surface area contributed by atoms with Crippen molar-refractivity contribution in [1.29, 1.82) is 5.26 Å². The molecule has 0 atom stereocenters. The van der Waals surface area contributed by atoms with Gasteiger partial charge in [0, 0.05) is 41.1 Å². The molecule has 1 N–H and O–H groups in total. The summed E-state index contributed by atoms with van der Waals surface area (Å²) in [6.07, 6.45) is 2.97. The Morgan fingerprint density at radius 1 is 0.946 bits per heavy atom. The lowest BCUT2D eigenvalue weighted by Crippen LogP contribution is -2.21. The van der Waals surface area contributed by atoms with Crippen LogP contribution in [0.1, 0.15) is 17.0 Å². The van der Waals surface area contributed by atoms with E-state index in [4.69, 9.17) is 10.00 Å². The van der Waals surface area contributed by atoms with Crippen molar-refractivity contribution in [3.8, 4) is 23.3 Å². The number of pyridine rings is 3. The van der Waals surface area contributed by atoms with Crippen molar-refractivity contribution in [3.63, 3.8) is 0 Å². The maximum atomic E-state index is 15.0. The number of nitrogens with one attached hydrogen (secondary N) is 1. The predicted octanol–water partition coefficient (Wildman–Crippen LogP) is 6.08. The van der Waals surface area contributed by atoms with Crippen LogP contribution in [0.3, 0.4) is 0 Å². The lowest BCUT2D eigenvalue weighted by Gasteiger charge is -2.15. The Bertz CT molecular complexity index is 1760. The fraction of sp³-hybridized carbons (Fsp3) is 0.0714. The van der Waals surface area contributed by atoms with Crippen LogP contribution in [-0.4, -0.2) is 14.5 Å². The van der Waals surface area contributed by atoms with Crippen LogP contribution in [0.15, 0.2) is 77.9 Å². The average Bonchev–Trinajstić information content (AvgIpc) is 2.88. The second-order valence-electron chi connectivity index (χ2n) is 8.29. The van der Waals surface area contributed by atoms with E-state index in [9.17, 15) is 13.6 Å². The summed E-state index contributed by atoms with van der Waals surface area (Å²) in [4.78, 5) is 21.8. The van der Waals surface area contributed by atoms with Crippen LogP contribution in [-0.2, 0) is 0 Å². The summed E-state index contributed by atoms with van der Waals surface area (Å²) in [6, 6.07) is 16.9. The van der Waals surface area contributed by atoms with Gasteiger partial charge in [0.1, 0.15) is 29.1 Å². The zero-order valence-electron chi connectivity index (χ0n) is 19.8. The zero-order valence-corrected chi connectivity index (χ0v) is 19.8. The Morgan fingerprint density at radius 2 is 1.70 bits per heavy atom. The molecule has 0 fully saturated rings. The largest absolute Gasteiger partial charge is 0.454 e. The number of ether oxygens (including phenoxy) is 1. The van der Waals surface area contributed by atoms with Gasteiger partial charge in [-0.15, -0.1) is 0 Å². The Morgan fingerprint density at radius 3 is 2.43 bits per heavy atom. The number of nitriles is 1. The molecule has 5 aromatic rings. The molecule has 3 aromatic heterocycles. The van der Waals surface area contributed by atoms with Crippen molar-refractivity contribution in [2.24, 2.45) is 0 Å². The summed E-state index contributed by atoms with van der Waals surface area (Å²) in [5.41, 5.74) is 1.87. The smallest absolute Gasteiger partial charge is 0.266 e. The molecule has 2 aromatic carbocycles. The van der Waals surface area contributed by atoms with Gasteiger partial charge in [-0.1, -0.05) is 0 Å². The van der Waals surface area contributed by atoms with E-state index >= 15 is 0 Å². The van der Waals surface area contributed by atoms with E-state index in [-0.39, 0.29) is 22.8 Å². The molecule has 0 amide bonds. The monoisotopic (exact) mass is 495 g/mol. The summed E-state index contributed by atoms with van der Waals surface area (Å²) >= 11 is 0. The molecule has 0 saturated heterocycles. The van der Waals surface area contributed by atoms with E-state index in [0.29, 0.717) is 39.2 Å². The highest BCUT2D eigenvalue weighted by atomic mass is 19.1. The van der Waals surface area contributed by atoms with Crippen molar-refractivity contribution < 1.29 is 13.5 Å². The first kappa shape index (κ1) is 23.6. The Labute approximate surface area is 210 Å². The van der Waals surface area contributed by atoms with Gasteiger partial charge in [-0.2, -0.15) is 5.26 Å². The van der Waals surface area contributed by atoms with Gasteiger partial charge < -0.3 is 10.1 Å². The third-order valence-electron chi connectivity index (χ3n) is 5.88. The van der Waals surface area contributed by atoms with Gasteiger partial charge in [0.05, 0.1) is 5.39 Å². The first-order valence-corrected chi connectivity index (χ1v) is 11.2. The summed E-state index contributed by atoms with van der Waals surface area (Å²) < 4.78 is 35.5. The van der Waals surface area contributed by atoms with E-state index in [0.717, 1.165) is 0 Å². The molecule has 0 unspecified atom stereocenters. The van der Waals surface area contributed by atoms with Crippen LogP contribution in [0.2, 0.25) is 0 Å². The molecule has 5 rings (SSSR count). The van der Waals surface area contributed by atoms with Gasteiger partial charge in [-0.25, -0.2) is 18.7 Å². The number of halogens is 2. The van der Waals surface area contributed by atoms with E-state index in [1.165, 1.54) is 47.2 Å². The van der Waals surface area contributed by atoms with Crippen LogP contribution >= 0.6 is 0 Å². The van der Waals surface area contributed by atoms with Crippen LogP contribution in [0.4, 0.5) is 20.3 Å². The van der Waals surface area contributed by atoms with Gasteiger partial charge in [0.15, 0.2) is 11.6 Å². The van der Waals surface area contributed by atoms with E-state index in [1.54, 1.807) is 38.2 Å². The summed E-state index contributed by atoms with van der Waals surface area (Å²) in [7, 11) is 0. The van der Waals surface area contributed by atoms with E-state index in [1.807, 2.05) is 12.1 Å². The highest BCUT2D eigenvalue weighted by molar-refractivity contribution is 5.93. The van der Waals surface area contributed by atoms with Crippen LogP contribution < -0.4 is 15.6 Å². The molecule has 0 spiro atoms. The normalized spacial score (nSPS) is 10.8. The average molecular weight is 495 g/mol. The fourth-order valence-electron chi connectivity index (χ4n) is 4.05. The van der Waals surface area contributed by atoms with Crippen molar-refractivity contribution in [1.82, 2.24) is 14.5 Å². The van der Waals surface area contributed by atoms with Crippen LogP contribution in [0, 0.1) is 36.8 Å². The third-order valence-corrected chi connectivity index (χ3v) is 5.88. The number of anilines is 2. The number of nitrogens with zero attached hydrogens (tertiary/aromatic N) is 4. The second-order valence-corrected chi connectivity index (χ2v) is 8.29. The van der Waals surface area contributed by atoms with Gasteiger partial charge in [0.2, 0.25) is 0 Å². The van der Waals surface area contributed by atoms with Crippen molar-refractivity contribution in [2.75, 3.05) is 5.32 Å². The molecular weight excluding hydrogens is 476 g/mol. The van der Waals surface area contributed by atoms with Crippen LogP contribution in [0.25, 0.3) is 16.5 Å². The molecule has 182 valence electrons. The molecule has 0 bridgehead atoms. The first-order valence-electron chi connectivity index (χ1n) is 11.2. The molecule has 0 saturated carbocycles. The standard InChI is InChI=1S/C28H19F2N5O2/c1-16-13-18-9-11-33-27(26(18)28(36)35(16)21-6-3-19(29)4-7-21)34-20-5-8-25(22(30)14-20)37-24-10-12-32-23(15-31)17(24)2/h3-14H,1-2H3,(H,33,34). The maximum Gasteiger partial charge on any atom is 0.266 e. The molecular formula is C28H19F2N5O2. The maximum absolute atomic E-state index is 15.0. The molecule has 0 aliphatic carbocycles. The molecule has 9 heteroatoms. The minimum Gasteiger partial charge on any atom is -0.454 e. The lowest BCUT2D eigenvalue weighted by molar-refractivity contribution is 0.439. The third kappa shape index (κ3) is 4.48. The van der Waals surface area contributed by atoms with E-state index < -0.39 is 11.6 Å². The predicted molar refractivity (Wildman–Crippen MR) is 135 cm³/mol. The fourth-order valence-corrected chi connectivity index (χ4v) is 4.05. The van der Waals surface area contributed by atoms with Crippen LogP contribution in [0.5, 0.6) is 11.5 Å². The highest BCUT2D eigenvalue weighted by Gasteiger charge is 2.15. The molecule has 0 radical (unpaired) electrons.